The van der Waals surface area contributed by atoms with Gasteiger partial charge in [-0.2, -0.15) is 27.3 Å². The van der Waals surface area contributed by atoms with Crippen LogP contribution in [0.3, 0.4) is 0 Å². The third-order valence-corrected chi connectivity index (χ3v) is 5.80. The fourth-order valence-corrected chi connectivity index (χ4v) is 4.08. The molecule has 9 nitrogen and oxygen atoms in total. The van der Waals surface area contributed by atoms with Gasteiger partial charge in [0, 0.05) is 31.5 Å². The first-order valence-corrected chi connectivity index (χ1v) is 10.9. The lowest BCUT2D eigenvalue weighted by Gasteiger charge is -2.39. The molecule has 2 aromatic heterocycles. The molecule has 3 heterocycles. The number of nitrogens with zero attached hydrogens (tertiary/aromatic N) is 7. The molecular weight excluding hydrogens is 517 g/mol. The van der Waals surface area contributed by atoms with Crippen LogP contribution in [0.15, 0.2) is 36.9 Å². The molecule has 15 heteroatoms. The van der Waals surface area contributed by atoms with E-state index in [2.05, 4.69) is 24.8 Å². The van der Waals surface area contributed by atoms with Gasteiger partial charge in [0.15, 0.2) is 5.82 Å². The summed E-state index contributed by atoms with van der Waals surface area (Å²) in [7, 11) is 0. The first kappa shape index (κ1) is 24.9. The van der Waals surface area contributed by atoms with E-state index in [0.717, 1.165) is 12.1 Å². The van der Waals surface area contributed by atoms with Gasteiger partial charge in [0.1, 0.15) is 12.1 Å². The highest BCUT2D eigenvalue weighted by molar-refractivity contribution is 6.37. The lowest BCUT2D eigenvalue weighted by Crippen LogP contribution is -2.50. The van der Waals surface area contributed by atoms with Crippen LogP contribution in [0.2, 0.25) is 10.0 Å². The minimum Gasteiger partial charge on any atom is -0.427 e. The van der Waals surface area contributed by atoms with E-state index in [9.17, 15) is 22.4 Å². The highest BCUT2D eigenvalue weighted by atomic mass is 35.5. The molecule has 35 heavy (non-hydrogen) atoms. The van der Waals surface area contributed by atoms with Crippen LogP contribution in [0.25, 0.3) is 5.95 Å². The second kappa shape index (κ2) is 9.82. The van der Waals surface area contributed by atoms with Gasteiger partial charge in [-0.15, -0.1) is 0 Å². The molecular formula is C20H17Cl2F4N7O2. The number of ether oxygens (including phenoxy) is 1. The van der Waals surface area contributed by atoms with Crippen molar-refractivity contribution in [1.82, 2.24) is 29.6 Å². The summed E-state index contributed by atoms with van der Waals surface area (Å²) < 4.78 is 57.8. The lowest BCUT2D eigenvalue weighted by atomic mass is 10.2. The van der Waals surface area contributed by atoms with Gasteiger partial charge in [0.25, 0.3) is 5.95 Å². The molecule has 4 rings (SSSR count). The number of benzene rings is 1. The van der Waals surface area contributed by atoms with E-state index in [1.54, 1.807) is 13.0 Å². The van der Waals surface area contributed by atoms with Gasteiger partial charge in [0.05, 0.1) is 21.8 Å². The van der Waals surface area contributed by atoms with Crippen LogP contribution in [-0.2, 0) is 0 Å². The van der Waals surface area contributed by atoms with Crippen LogP contribution in [0.4, 0.5) is 28.0 Å². The molecule has 1 aliphatic heterocycles. The second-order valence-electron chi connectivity index (χ2n) is 7.43. The molecule has 0 N–H and O–H groups in total. The third kappa shape index (κ3) is 4.96. The Hall–Kier alpha value is -3.19. The molecule has 0 unspecified atom stereocenters. The van der Waals surface area contributed by atoms with Crippen molar-refractivity contribution in [1.29, 1.82) is 0 Å². The van der Waals surface area contributed by atoms with Crippen molar-refractivity contribution in [3.63, 3.8) is 0 Å². The Balaban J connectivity index is 1.63. The number of alkyl halides is 4. The largest absolute Gasteiger partial charge is 0.461 e. The molecule has 186 valence electrons. The number of anilines is 1. The first-order valence-electron chi connectivity index (χ1n) is 10.2. The average molecular weight is 534 g/mol. The number of rotatable bonds is 7. The number of halogens is 6. The van der Waals surface area contributed by atoms with Gasteiger partial charge in [-0.1, -0.05) is 23.2 Å². The minimum atomic E-state index is -4.79. The van der Waals surface area contributed by atoms with Crippen molar-refractivity contribution in [2.75, 3.05) is 18.0 Å². The quantitative estimate of drug-likeness (QED) is 0.397. The molecule has 3 aromatic rings. The first-order chi connectivity index (χ1) is 16.6. The van der Waals surface area contributed by atoms with E-state index >= 15 is 0 Å². The summed E-state index contributed by atoms with van der Waals surface area (Å²) in [6, 6.07) is 2.51. The van der Waals surface area contributed by atoms with E-state index in [0.29, 0.717) is 18.8 Å². The summed E-state index contributed by atoms with van der Waals surface area (Å²) in [6.45, 7) is 2.26. The van der Waals surface area contributed by atoms with E-state index in [1.165, 1.54) is 33.2 Å². The molecule has 0 aliphatic carbocycles. The second-order valence-corrected chi connectivity index (χ2v) is 8.25. The van der Waals surface area contributed by atoms with Crippen LogP contribution in [0, 0.1) is 0 Å². The molecule has 0 radical (unpaired) electrons. The maximum atomic E-state index is 13.5. The predicted molar refractivity (Wildman–Crippen MR) is 117 cm³/mol. The Morgan fingerprint density at radius 3 is 2.49 bits per heavy atom. The van der Waals surface area contributed by atoms with Crippen LogP contribution >= 0.6 is 23.2 Å². The summed E-state index contributed by atoms with van der Waals surface area (Å²) >= 11 is 12.1. The van der Waals surface area contributed by atoms with Gasteiger partial charge in [-0.25, -0.2) is 19.7 Å². The van der Waals surface area contributed by atoms with Gasteiger partial charge >= 0.3 is 18.6 Å². The minimum absolute atomic E-state index is 0.0223. The standard InChI is InChI=1S/C20H17Cl2F4N7O2/c1-11(16-29-10-30-33(16)18-27-4-2-5-28-18)31-6-3-7-32(19(31)34)14-9-15(13(22)8-12(14)21)35-20(25,26)17(23)24/h2,4-5,8-11,17H,3,6-7H2,1H3/t11-/m0/s1. The molecule has 0 saturated carbocycles. The highest BCUT2D eigenvalue weighted by Gasteiger charge is 2.45. The molecule has 1 aliphatic rings. The molecule has 1 aromatic carbocycles. The van der Waals surface area contributed by atoms with Crippen molar-refractivity contribution in [2.24, 2.45) is 0 Å². The molecule has 0 spiro atoms. The van der Waals surface area contributed by atoms with Crippen molar-refractivity contribution in [2.45, 2.75) is 31.9 Å². The number of carbonyl (C=O) groups is 1. The van der Waals surface area contributed by atoms with Crippen LogP contribution in [-0.4, -0.2) is 61.3 Å². The van der Waals surface area contributed by atoms with Gasteiger partial charge in [-0.3, -0.25) is 4.90 Å². The zero-order valence-corrected chi connectivity index (χ0v) is 19.5. The van der Waals surface area contributed by atoms with Crippen molar-refractivity contribution >= 4 is 34.9 Å². The summed E-state index contributed by atoms with van der Waals surface area (Å²) in [4.78, 5) is 28.6. The Morgan fingerprint density at radius 2 is 1.80 bits per heavy atom. The monoisotopic (exact) mass is 533 g/mol. The summed E-state index contributed by atoms with van der Waals surface area (Å²) in [5.74, 6) is -0.0971. The van der Waals surface area contributed by atoms with Crippen molar-refractivity contribution < 1.29 is 27.1 Å². The van der Waals surface area contributed by atoms with Crippen molar-refractivity contribution in [3.05, 3.63) is 52.8 Å². The normalized spacial score (nSPS) is 15.6. The number of carbonyl (C=O) groups excluding carboxylic acids is 1. The zero-order chi connectivity index (χ0) is 25.3. The van der Waals surface area contributed by atoms with Crippen molar-refractivity contribution in [3.8, 4) is 11.7 Å². The van der Waals surface area contributed by atoms with Crippen LogP contribution < -0.4 is 9.64 Å². The van der Waals surface area contributed by atoms with Crippen LogP contribution in [0.5, 0.6) is 5.75 Å². The molecule has 1 fully saturated rings. The molecule has 2 amide bonds. The number of amides is 2. The Morgan fingerprint density at radius 1 is 1.09 bits per heavy atom. The number of hydrogen-bond acceptors (Lipinski definition) is 6. The van der Waals surface area contributed by atoms with E-state index in [-0.39, 0.29) is 23.2 Å². The SMILES string of the molecule is C[C@@H](c1ncnn1-c1ncccn1)N1CCCN(c2cc(OC(F)(F)C(F)F)c(Cl)cc2Cl)C1=O. The van der Waals surface area contributed by atoms with Gasteiger partial charge < -0.3 is 9.64 Å². The number of aromatic nitrogens is 5. The third-order valence-electron chi connectivity index (χ3n) is 5.21. The topological polar surface area (TPSA) is 89.3 Å². The Bertz CT molecular complexity index is 1220. The summed E-state index contributed by atoms with van der Waals surface area (Å²) in [6.07, 6.45) is -4.02. The zero-order valence-electron chi connectivity index (χ0n) is 18.0. The fraction of sp³-hybridized carbons (Fsp3) is 0.350. The molecule has 1 saturated heterocycles. The van der Waals surface area contributed by atoms with Crippen LogP contribution in [0.1, 0.15) is 25.2 Å². The maximum absolute atomic E-state index is 13.5. The summed E-state index contributed by atoms with van der Waals surface area (Å²) in [5.41, 5.74) is -0.0223. The predicted octanol–water partition coefficient (Wildman–Crippen LogP) is 4.99. The average Bonchev–Trinajstić information content (AvgIpc) is 3.31. The van der Waals surface area contributed by atoms with E-state index in [4.69, 9.17) is 23.2 Å². The van der Waals surface area contributed by atoms with Gasteiger partial charge in [-0.05, 0) is 25.5 Å². The molecule has 0 bridgehead atoms. The van der Waals surface area contributed by atoms with E-state index in [1.807, 2.05) is 0 Å². The molecule has 1 atom stereocenters. The van der Waals surface area contributed by atoms with E-state index < -0.39 is 35.4 Å². The number of hydrogen-bond donors (Lipinski definition) is 0. The van der Waals surface area contributed by atoms with Gasteiger partial charge in [0.2, 0.25) is 0 Å². The smallest absolute Gasteiger partial charge is 0.427 e. The fourth-order valence-electron chi connectivity index (χ4n) is 3.55. The Kier molecular flexibility index (Phi) is 6.99. The summed E-state index contributed by atoms with van der Waals surface area (Å²) in [5, 5.41) is 3.67. The lowest BCUT2D eigenvalue weighted by molar-refractivity contribution is -0.253. The Labute approximate surface area is 206 Å². The highest BCUT2D eigenvalue weighted by Crippen LogP contribution is 2.41. The number of urea groups is 1. The maximum Gasteiger partial charge on any atom is 0.461 e.